The smallest absolute Gasteiger partial charge is 0.270 e. The lowest BCUT2D eigenvalue weighted by Gasteiger charge is -2.17. The van der Waals surface area contributed by atoms with Gasteiger partial charge < -0.3 is 9.64 Å². The van der Waals surface area contributed by atoms with Crippen molar-refractivity contribution in [3.05, 3.63) is 71.1 Å². The summed E-state index contributed by atoms with van der Waals surface area (Å²) in [6, 6.07) is 19.9. The zero-order chi connectivity index (χ0) is 22.1. The van der Waals surface area contributed by atoms with E-state index in [1.165, 1.54) is 11.8 Å². The molecule has 3 aromatic carbocycles. The molecule has 158 valence electrons. The van der Waals surface area contributed by atoms with Crippen molar-refractivity contribution in [3.63, 3.8) is 0 Å². The molecule has 3 aromatic rings. The van der Waals surface area contributed by atoms with Gasteiger partial charge >= 0.3 is 0 Å². The summed E-state index contributed by atoms with van der Waals surface area (Å²) in [7, 11) is 3.97. The molecule has 4 nitrogen and oxygen atoms in total. The number of hydrogen-bond acceptors (Lipinski definition) is 5. The van der Waals surface area contributed by atoms with Gasteiger partial charge in [0.25, 0.3) is 5.91 Å². The second kappa shape index (κ2) is 8.73. The van der Waals surface area contributed by atoms with Crippen molar-refractivity contribution in [1.82, 2.24) is 0 Å². The fourth-order valence-electron chi connectivity index (χ4n) is 3.50. The van der Waals surface area contributed by atoms with Crippen LogP contribution in [0.1, 0.15) is 19.4 Å². The van der Waals surface area contributed by atoms with E-state index in [4.69, 9.17) is 17.0 Å². The van der Waals surface area contributed by atoms with E-state index in [9.17, 15) is 4.79 Å². The van der Waals surface area contributed by atoms with E-state index in [1.807, 2.05) is 87.4 Å². The van der Waals surface area contributed by atoms with Gasteiger partial charge in [-0.2, -0.15) is 0 Å². The summed E-state index contributed by atoms with van der Waals surface area (Å²) < 4.78 is 6.58. The summed E-state index contributed by atoms with van der Waals surface area (Å²) in [4.78, 5) is 17.5. The van der Waals surface area contributed by atoms with Crippen LogP contribution < -0.4 is 14.5 Å². The number of carbonyl (C=O) groups is 1. The van der Waals surface area contributed by atoms with E-state index in [0.29, 0.717) is 9.23 Å². The molecule has 0 N–H and O–H groups in total. The van der Waals surface area contributed by atoms with Crippen molar-refractivity contribution in [1.29, 1.82) is 0 Å². The van der Waals surface area contributed by atoms with Crippen molar-refractivity contribution in [2.24, 2.45) is 0 Å². The molecule has 0 bridgehead atoms. The molecule has 1 heterocycles. The zero-order valence-electron chi connectivity index (χ0n) is 18.0. The molecule has 1 fully saturated rings. The maximum Gasteiger partial charge on any atom is 0.270 e. The molecule has 0 unspecified atom stereocenters. The largest absolute Gasteiger partial charge is 0.490 e. The molecule has 0 spiro atoms. The predicted molar refractivity (Wildman–Crippen MR) is 136 cm³/mol. The summed E-state index contributed by atoms with van der Waals surface area (Å²) in [5.41, 5.74) is 2.74. The van der Waals surface area contributed by atoms with Gasteiger partial charge in [0, 0.05) is 25.3 Å². The van der Waals surface area contributed by atoms with Crippen molar-refractivity contribution >= 4 is 62.4 Å². The summed E-state index contributed by atoms with van der Waals surface area (Å²) >= 11 is 6.88. The van der Waals surface area contributed by atoms with Crippen LogP contribution in [-0.2, 0) is 4.79 Å². The predicted octanol–water partition coefficient (Wildman–Crippen LogP) is 6.10. The van der Waals surface area contributed by atoms with E-state index in [2.05, 4.69) is 12.1 Å². The number of thiocarbonyl (C=S) groups is 1. The van der Waals surface area contributed by atoms with Gasteiger partial charge in [0.2, 0.25) is 0 Å². The SMILES string of the molecule is CC(C)Oc1ccc2ccccc2c1/C=C1/SC(=S)N(c2ccc(N(C)C)cc2)C1=O. The van der Waals surface area contributed by atoms with Crippen LogP contribution in [0.3, 0.4) is 0 Å². The van der Waals surface area contributed by atoms with Crippen LogP contribution in [-0.4, -0.2) is 30.4 Å². The van der Waals surface area contributed by atoms with Crippen LogP contribution >= 0.6 is 24.0 Å². The molecule has 1 amide bonds. The zero-order valence-corrected chi connectivity index (χ0v) is 19.6. The fourth-order valence-corrected chi connectivity index (χ4v) is 4.78. The second-order valence-corrected chi connectivity index (χ2v) is 9.47. The first-order valence-electron chi connectivity index (χ1n) is 10.1. The van der Waals surface area contributed by atoms with Gasteiger partial charge in [0.15, 0.2) is 4.32 Å². The molecule has 1 aliphatic heterocycles. The average molecular weight is 449 g/mol. The third-order valence-corrected chi connectivity index (χ3v) is 6.29. The number of hydrogen-bond donors (Lipinski definition) is 0. The van der Waals surface area contributed by atoms with E-state index in [1.54, 1.807) is 4.90 Å². The number of ether oxygens (including phenoxy) is 1. The summed E-state index contributed by atoms with van der Waals surface area (Å²) in [5, 5.41) is 2.14. The van der Waals surface area contributed by atoms with Crippen LogP contribution in [0.5, 0.6) is 5.75 Å². The van der Waals surface area contributed by atoms with E-state index < -0.39 is 0 Å². The van der Waals surface area contributed by atoms with Crippen LogP contribution in [0, 0.1) is 0 Å². The Morgan fingerprint density at radius 3 is 2.42 bits per heavy atom. The van der Waals surface area contributed by atoms with E-state index >= 15 is 0 Å². The van der Waals surface area contributed by atoms with Crippen LogP contribution in [0.25, 0.3) is 16.8 Å². The molecule has 4 rings (SSSR count). The normalized spacial score (nSPS) is 15.4. The number of carbonyl (C=O) groups excluding carboxylic acids is 1. The Labute approximate surface area is 192 Å². The van der Waals surface area contributed by atoms with Gasteiger partial charge in [0.05, 0.1) is 16.7 Å². The first kappa shape index (κ1) is 21.4. The molecule has 6 heteroatoms. The third kappa shape index (κ3) is 4.31. The molecular weight excluding hydrogens is 424 g/mol. The molecule has 0 saturated carbocycles. The Morgan fingerprint density at radius 2 is 1.74 bits per heavy atom. The highest BCUT2D eigenvalue weighted by atomic mass is 32.2. The Balaban J connectivity index is 1.75. The average Bonchev–Trinajstić information content (AvgIpc) is 3.02. The Hall–Kier alpha value is -2.83. The van der Waals surface area contributed by atoms with Crippen molar-refractivity contribution in [2.45, 2.75) is 20.0 Å². The van der Waals surface area contributed by atoms with Crippen molar-refractivity contribution in [3.8, 4) is 5.75 Å². The Kier molecular flexibility index (Phi) is 6.03. The number of benzene rings is 3. The standard InChI is InChI=1S/C25H24N2O2S2/c1-16(2)29-22-14-9-17-7-5-6-8-20(17)21(22)15-23-24(28)27(25(30)31-23)19-12-10-18(11-13-19)26(3)4/h5-16H,1-4H3/b23-15+. The molecule has 0 atom stereocenters. The number of fused-ring (bicyclic) bond motifs is 1. The summed E-state index contributed by atoms with van der Waals surface area (Å²) in [5.74, 6) is 0.644. The maximum atomic E-state index is 13.3. The molecule has 31 heavy (non-hydrogen) atoms. The number of nitrogens with zero attached hydrogens (tertiary/aromatic N) is 2. The highest BCUT2D eigenvalue weighted by Gasteiger charge is 2.33. The van der Waals surface area contributed by atoms with Crippen molar-refractivity contribution < 1.29 is 9.53 Å². The number of amides is 1. The van der Waals surface area contributed by atoms with Crippen molar-refractivity contribution in [2.75, 3.05) is 23.9 Å². The highest BCUT2D eigenvalue weighted by molar-refractivity contribution is 8.27. The molecule has 1 aliphatic rings. The van der Waals surface area contributed by atoms with Crippen LogP contribution in [0.4, 0.5) is 11.4 Å². The van der Waals surface area contributed by atoms with Crippen LogP contribution in [0.15, 0.2) is 65.6 Å². The fraction of sp³-hybridized carbons (Fsp3) is 0.200. The maximum absolute atomic E-state index is 13.3. The van der Waals surface area contributed by atoms with E-state index in [0.717, 1.165) is 33.5 Å². The first-order valence-corrected chi connectivity index (χ1v) is 11.3. The first-order chi connectivity index (χ1) is 14.8. The minimum absolute atomic E-state index is 0.0260. The van der Waals surface area contributed by atoms with Gasteiger partial charge in [-0.05, 0) is 61.0 Å². The molecule has 0 radical (unpaired) electrons. The molecule has 1 saturated heterocycles. The highest BCUT2D eigenvalue weighted by Crippen LogP contribution is 2.39. The lowest BCUT2D eigenvalue weighted by molar-refractivity contribution is -0.113. The number of rotatable bonds is 5. The second-order valence-electron chi connectivity index (χ2n) is 7.79. The third-order valence-electron chi connectivity index (χ3n) is 4.99. The number of thioether (sulfide) groups is 1. The summed E-state index contributed by atoms with van der Waals surface area (Å²) in [6.45, 7) is 3.99. The lowest BCUT2D eigenvalue weighted by Crippen LogP contribution is -2.27. The van der Waals surface area contributed by atoms with E-state index in [-0.39, 0.29) is 12.0 Å². The topological polar surface area (TPSA) is 32.8 Å². The molecule has 0 aromatic heterocycles. The molecule has 0 aliphatic carbocycles. The Bertz CT molecular complexity index is 1180. The number of anilines is 2. The Morgan fingerprint density at radius 1 is 1.03 bits per heavy atom. The van der Waals surface area contributed by atoms with Gasteiger partial charge in [-0.3, -0.25) is 9.69 Å². The van der Waals surface area contributed by atoms with Gasteiger partial charge in [0.1, 0.15) is 5.75 Å². The van der Waals surface area contributed by atoms with Gasteiger partial charge in [-0.15, -0.1) is 0 Å². The molecular formula is C25H24N2O2S2. The monoisotopic (exact) mass is 448 g/mol. The lowest BCUT2D eigenvalue weighted by atomic mass is 10.0. The van der Waals surface area contributed by atoms with Crippen LogP contribution in [0.2, 0.25) is 0 Å². The van der Waals surface area contributed by atoms with Gasteiger partial charge in [-0.25, -0.2) is 0 Å². The summed E-state index contributed by atoms with van der Waals surface area (Å²) in [6.07, 6.45) is 1.94. The quantitative estimate of drug-likeness (QED) is 0.348. The van der Waals surface area contributed by atoms with Gasteiger partial charge in [-0.1, -0.05) is 54.3 Å². The minimum Gasteiger partial charge on any atom is -0.490 e. The minimum atomic E-state index is -0.115.